The van der Waals surface area contributed by atoms with Crippen molar-refractivity contribution in [1.82, 2.24) is 13.9 Å². The van der Waals surface area contributed by atoms with Crippen molar-refractivity contribution in [1.29, 1.82) is 0 Å². The summed E-state index contributed by atoms with van der Waals surface area (Å²) in [6.07, 6.45) is 1.25. The van der Waals surface area contributed by atoms with E-state index in [2.05, 4.69) is 0 Å². The number of nitrogens with zero attached hydrogens (tertiary/aromatic N) is 3. The third kappa shape index (κ3) is 0.456. The molecule has 4 unspecified atom stereocenters. The molecule has 5 nitrogen and oxygen atoms in total. The summed E-state index contributed by atoms with van der Waals surface area (Å²) >= 11 is 0. The Morgan fingerprint density at radius 1 is 1.00 bits per heavy atom. The van der Waals surface area contributed by atoms with E-state index in [1.807, 2.05) is 0 Å². The zero-order chi connectivity index (χ0) is 10.1. The molecule has 4 atom stereocenters. The molecule has 15 heavy (non-hydrogen) atoms. The van der Waals surface area contributed by atoms with Crippen LogP contribution in [0.2, 0.25) is 0 Å². The summed E-state index contributed by atoms with van der Waals surface area (Å²) in [7, 11) is 1.58. The fourth-order valence-electron chi connectivity index (χ4n) is 4.88. The second-order valence-electron chi connectivity index (χ2n) is 5.51. The van der Waals surface area contributed by atoms with Gasteiger partial charge in [0.15, 0.2) is 0 Å². The van der Waals surface area contributed by atoms with Crippen LogP contribution in [0.1, 0.15) is 18.5 Å². The molecule has 4 fully saturated rings. The van der Waals surface area contributed by atoms with Crippen molar-refractivity contribution < 1.29 is 0 Å². The molecule has 5 heteroatoms. The topological polar surface area (TPSA) is 48.9 Å². The Morgan fingerprint density at radius 2 is 1.53 bits per heavy atom. The van der Waals surface area contributed by atoms with Crippen LogP contribution in [0, 0.1) is 23.7 Å². The van der Waals surface area contributed by atoms with Gasteiger partial charge in [-0.2, -0.15) is 0 Å². The fraction of sp³-hybridized carbons (Fsp3) is 0.800. The van der Waals surface area contributed by atoms with Gasteiger partial charge in [0, 0.05) is 13.0 Å². The molecule has 1 aromatic rings. The minimum atomic E-state index is -0.108. The first-order valence-corrected chi connectivity index (χ1v) is 5.62. The third-order valence-corrected chi connectivity index (χ3v) is 5.27. The van der Waals surface area contributed by atoms with Crippen molar-refractivity contribution >= 4 is 0 Å². The zero-order valence-electron chi connectivity index (χ0n) is 8.33. The van der Waals surface area contributed by atoms with E-state index in [9.17, 15) is 9.59 Å². The molecular formula is C10H11N3O2. The highest BCUT2D eigenvalue weighted by molar-refractivity contribution is 5.26. The maximum Gasteiger partial charge on any atom is 0.347 e. The summed E-state index contributed by atoms with van der Waals surface area (Å²) in [4.78, 5) is 23.8. The van der Waals surface area contributed by atoms with Crippen LogP contribution in [0.5, 0.6) is 0 Å². The lowest BCUT2D eigenvalue weighted by atomic mass is 10.1. The number of rotatable bonds is 0. The summed E-state index contributed by atoms with van der Waals surface area (Å²) < 4.78 is 4.76. The second-order valence-corrected chi connectivity index (χ2v) is 5.51. The van der Waals surface area contributed by atoms with Gasteiger partial charge in [-0.1, -0.05) is 0 Å². The summed E-state index contributed by atoms with van der Waals surface area (Å²) in [5.41, 5.74) is -0.216. The normalized spacial score (nSPS) is 51.3. The smallest absolute Gasteiger partial charge is 0.246 e. The molecule has 78 valence electrons. The van der Waals surface area contributed by atoms with Gasteiger partial charge < -0.3 is 0 Å². The first kappa shape index (κ1) is 7.09. The summed E-state index contributed by atoms with van der Waals surface area (Å²) in [6.45, 7) is 0. The van der Waals surface area contributed by atoms with Gasteiger partial charge >= 0.3 is 11.4 Å². The van der Waals surface area contributed by atoms with Crippen LogP contribution in [0.15, 0.2) is 9.59 Å². The van der Waals surface area contributed by atoms with E-state index in [0.717, 1.165) is 17.8 Å². The molecule has 0 radical (unpaired) electrons. The van der Waals surface area contributed by atoms with Gasteiger partial charge in [-0.3, -0.25) is 0 Å². The van der Waals surface area contributed by atoms with Crippen LogP contribution >= 0.6 is 0 Å². The Labute approximate surface area is 84.9 Å². The van der Waals surface area contributed by atoms with Gasteiger partial charge in [-0.05, 0) is 24.2 Å². The van der Waals surface area contributed by atoms with E-state index < -0.39 is 0 Å². The van der Waals surface area contributed by atoms with E-state index in [-0.39, 0.29) is 11.4 Å². The molecule has 0 aromatic carbocycles. The zero-order valence-corrected chi connectivity index (χ0v) is 8.33. The van der Waals surface area contributed by atoms with Crippen LogP contribution in [-0.4, -0.2) is 13.9 Å². The summed E-state index contributed by atoms with van der Waals surface area (Å²) in [6, 6.07) is 0.734. The lowest BCUT2D eigenvalue weighted by Gasteiger charge is -2.12. The maximum absolute atomic E-state index is 11.9. The number of hydrogen-bond donors (Lipinski definition) is 0. The van der Waals surface area contributed by atoms with E-state index >= 15 is 0 Å². The van der Waals surface area contributed by atoms with Crippen molar-refractivity contribution in [3.63, 3.8) is 0 Å². The van der Waals surface area contributed by atoms with Crippen LogP contribution in [0.4, 0.5) is 0 Å². The Balaban J connectivity index is 1.97. The van der Waals surface area contributed by atoms with Crippen LogP contribution in [-0.2, 0) is 7.05 Å². The molecule has 6 rings (SSSR count). The predicted molar refractivity (Wildman–Crippen MR) is 50.6 cm³/mol. The lowest BCUT2D eigenvalue weighted by molar-refractivity contribution is 0.358. The molecule has 0 saturated heterocycles. The first-order valence-electron chi connectivity index (χ1n) is 5.62. The van der Waals surface area contributed by atoms with Crippen molar-refractivity contribution in [3.05, 3.63) is 21.0 Å². The molecule has 0 N–H and O–H groups in total. The summed E-state index contributed by atoms with van der Waals surface area (Å²) in [5.74, 6) is 2.91. The van der Waals surface area contributed by atoms with Gasteiger partial charge in [0.1, 0.15) is 0 Å². The SMILES string of the molecule is Cn1c(=O)n2n(c1=O)C1C3CC4C(C41)C32. The fourth-order valence-corrected chi connectivity index (χ4v) is 4.88. The number of fused-ring (bicyclic) bond motifs is 1. The molecule has 6 bridgehead atoms. The number of aromatic nitrogens is 3. The van der Waals surface area contributed by atoms with Crippen molar-refractivity contribution in [2.24, 2.45) is 30.7 Å². The molecule has 1 aliphatic heterocycles. The second kappa shape index (κ2) is 1.64. The Morgan fingerprint density at radius 3 is 2.00 bits per heavy atom. The van der Waals surface area contributed by atoms with Crippen LogP contribution in [0.3, 0.4) is 0 Å². The molecule has 0 spiro atoms. The monoisotopic (exact) mass is 205 g/mol. The Bertz CT molecular complexity index is 572. The molecular weight excluding hydrogens is 194 g/mol. The number of hydrogen-bond acceptors (Lipinski definition) is 2. The van der Waals surface area contributed by atoms with Gasteiger partial charge in [0.05, 0.1) is 12.1 Å². The molecule has 5 aliphatic rings. The molecule has 4 aliphatic carbocycles. The quantitative estimate of drug-likeness (QED) is 0.564. The molecule has 4 saturated carbocycles. The lowest BCUT2D eigenvalue weighted by Crippen LogP contribution is -2.28. The highest BCUT2D eigenvalue weighted by atomic mass is 16.2. The Hall–Kier alpha value is -1.26. The first-order chi connectivity index (χ1) is 7.22. The highest BCUT2D eigenvalue weighted by Crippen LogP contribution is 2.80. The molecule has 0 amide bonds. The standard InChI is InChI=1S/C10H11N3O2/c1-11-9(14)12-7-4-2-3-5(7)6(3)8(4)13(12)10(11)15/h3-8H,2H2,1H3. The van der Waals surface area contributed by atoms with Crippen molar-refractivity contribution in [2.45, 2.75) is 18.5 Å². The molecule has 1 aromatic heterocycles. The predicted octanol–water partition coefficient (Wildman–Crippen LogP) is -0.660. The van der Waals surface area contributed by atoms with Crippen LogP contribution in [0.25, 0.3) is 0 Å². The van der Waals surface area contributed by atoms with Crippen molar-refractivity contribution in [2.75, 3.05) is 0 Å². The minimum absolute atomic E-state index is 0.108. The van der Waals surface area contributed by atoms with Gasteiger partial charge in [0.25, 0.3) is 0 Å². The summed E-state index contributed by atoms with van der Waals surface area (Å²) in [5, 5.41) is 0. The Kier molecular flexibility index (Phi) is 0.774. The van der Waals surface area contributed by atoms with Gasteiger partial charge in [-0.25, -0.2) is 23.5 Å². The third-order valence-electron chi connectivity index (χ3n) is 5.27. The average molecular weight is 205 g/mol. The van der Waals surface area contributed by atoms with E-state index in [0.29, 0.717) is 18.0 Å². The van der Waals surface area contributed by atoms with E-state index in [1.165, 1.54) is 11.0 Å². The highest BCUT2D eigenvalue weighted by Gasteiger charge is 2.78. The average Bonchev–Trinajstić information content (AvgIpc) is 2.68. The van der Waals surface area contributed by atoms with Gasteiger partial charge in [-0.15, -0.1) is 0 Å². The largest absolute Gasteiger partial charge is 0.347 e. The van der Waals surface area contributed by atoms with E-state index in [1.54, 1.807) is 16.4 Å². The maximum atomic E-state index is 11.9. The van der Waals surface area contributed by atoms with Crippen molar-refractivity contribution in [3.8, 4) is 0 Å². The van der Waals surface area contributed by atoms with E-state index in [4.69, 9.17) is 0 Å². The molecule has 2 heterocycles. The minimum Gasteiger partial charge on any atom is -0.246 e. The van der Waals surface area contributed by atoms with Gasteiger partial charge in [0.2, 0.25) is 0 Å². The van der Waals surface area contributed by atoms with Crippen LogP contribution < -0.4 is 11.4 Å².